The van der Waals surface area contributed by atoms with Crippen LogP contribution in [-0.4, -0.2) is 31.1 Å². The van der Waals surface area contributed by atoms with Gasteiger partial charge in [0.1, 0.15) is 0 Å². The molecule has 3 heteroatoms. The maximum atomic E-state index is 6.06. The van der Waals surface area contributed by atoms with Crippen molar-refractivity contribution in [2.75, 3.05) is 20.1 Å². The minimum atomic E-state index is 0.384. The summed E-state index contributed by atoms with van der Waals surface area (Å²) in [7, 11) is 2.17. The van der Waals surface area contributed by atoms with Crippen LogP contribution in [0.4, 0.5) is 0 Å². The lowest BCUT2D eigenvalue weighted by Gasteiger charge is -2.25. The van der Waals surface area contributed by atoms with Crippen LogP contribution in [0, 0.1) is 0 Å². The minimum Gasteiger partial charge on any atom is -0.310 e. The summed E-state index contributed by atoms with van der Waals surface area (Å²) in [5.41, 5.74) is 1.28. The zero-order valence-corrected chi connectivity index (χ0v) is 12.7. The van der Waals surface area contributed by atoms with Crippen molar-refractivity contribution in [1.82, 2.24) is 10.2 Å². The Morgan fingerprint density at radius 3 is 2.61 bits per heavy atom. The van der Waals surface area contributed by atoms with Crippen molar-refractivity contribution < 1.29 is 0 Å². The minimum absolute atomic E-state index is 0.384. The number of nitrogens with one attached hydrogen (secondary N) is 1. The summed E-state index contributed by atoms with van der Waals surface area (Å²) in [4.78, 5) is 2.37. The summed E-state index contributed by atoms with van der Waals surface area (Å²) in [6, 6.07) is 9.13. The van der Waals surface area contributed by atoms with E-state index in [-0.39, 0.29) is 0 Å². The molecule has 0 aromatic heterocycles. The standard InChI is InChI=1S/C15H25ClN2/c1-5-17-15(9-10-18(4)12(2)3)13-7-6-8-14(16)11-13/h6-8,11-12,15,17H,5,9-10H2,1-4H3. The quantitative estimate of drug-likeness (QED) is 0.811. The Kier molecular flexibility index (Phi) is 6.69. The molecular weight excluding hydrogens is 244 g/mol. The van der Waals surface area contributed by atoms with E-state index in [1.54, 1.807) is 0 Å². The Hall–Kier alpha value is -0.570. The smallest absolute Gasteiger partial charge is 0.0409 e. The van der Waals surface area contributed by atoms with Crippen LogP contribution in [0.1, 0.15) is 38.8 Å². The van der Waals surface area contributed by atoms with E-state index in [1.807, 2.05) is 12.1 Å². The van der Waals surface area contributed by atoms with Gasteiger partial charge in [0.15, 0.2) is 0 Å². The summed E-state index contributed by atoms with van der Waals surface area (Å²) in [6.07, 6.45) is 1.10. The van der Waals surface area contributed by atoms with Crippen LogP contribution in [0.2, 0.25) is 5.02 Å². The normalized spacial score (nSPS) is 13.3. The monoisotopic (exact) mass is 268 g/mol. The van der Waals surface area contributed by atoms with E-state index in [2.05, 4.69) is 50.2 Å². The second kappa shape index (κ2) is 7.78. The Morgan fingerprint density at radius 2 is 2.06 bits per heavy atom. The molecule has 0 fully saturated rings. The number of benzene rings is 1. The van der Waals surface area contributed by atoms with Crippen LogP contribution in [0.25, 0.3) is 0 Å². The van der Waals surface area contributed by atoms with Gasteiger partial charge >= 0.3 is 0 Å². The molecule has 1 unspecified atom stereocenters. The topological polar surface area (TPSA) is 15.3 Å². The SMILES string of the molecule is CCNC(CCN(C)C(C)C)c1cccc(Cl)c1. The highest BCUT2D eigenvalue weighted by molar-refractivity contribution is 6.30. The number of hydrogen-bond donors (Lipinski definition) is 1. The van der Waals surface area contributed by atoms with E-state index in [1.165, 1.54) is 5.56 Å². The van der Waals surface area contributed by atoms with Crippen molar-refractivity contribution in [1.29, 1.82) is 0 Å². The molecular formula is C15H25ClN2. The first-order valence-electron chi connectivity index (χ1n) is 6.73. The molecule has 0 saturated carbocycles. The maximum Gasteiger partial charge on any atom is 0.0409 e. The lowest BCUT2D eigenvalue weighted by Crippen LogP contribution is -2.31. The Morgan fingerprint density at radius 1 is 1.33 bits per heavy atom. The van der Waals surface area contributed by atoms with E-state index in [0.717, 1.165) is 24.5 Å². The van der Waals surface area contributed by atoms with Gasteiger partial charge in [-0.2, -0.15) is 0 Å². The van der Waals surface area contributed by atoms with Gasteiger partial charge in [-0.3, -0.25) is 0 Å². The molecule has 0 saturated heterocycles. The molecule has 0 aliphatic heterocycles. The molecule has 0 heterocycles. The molecule has 0 radical (unpaired) electrons. The van der Waals surface area contributed by atoms with Crippen molar-refractivity contribution in [3.8, 4) is 0 Å². The van der Waals surface area contributed by atoms with E-state index < -0.39 is 0 Å². The third kappa shape index (κ3) is 4.97. The summed E-state index contributed by atoms with van der Waals surface area (Å²) in [5, 5.41) is 4.35. The van der Waals surface area contributed by atoms with E-state index in [9.17, 15) is 0 Å². The molecule has 1 N–H and O–H groups in total. The fraction of sp³-hybridized carbons (Fsp3) is 0.600. The van der Waals surface area contributed by atoms with Crippen molar-refractivity contribution in [2.24, 2.45) is 0 Å². The molecule has 0 bridgehead atoms. The average molecular weight is 269 g/mol. The first kappa shape index (κ1) is 15.5. The molecule has 0 amide bonds. The lowest BCUT2D eigenvalue weighted by molar-refractivity contribution is 0.257. The largest absolute Gasteiger partial charge is 0.310 e. The van der Waals surface area contributed by atoms with Gasteiger partial charge in [0.05, 0.1) is 0 Å². The Balaban J connectivity index is 2.65. The number of hydrogen-bond acceptors (Lipinski definition) is 2. The molecule has 18 heavy (non-hydrogen) atoms. The van der Waals surface area contributed by atoms with E-state index >= 15 is 0 Å². The van der Waals surface area contributed by atoms with Gasteiger partial charge in [-0.15, -0.1) is 0 Å². The molecule has 2 nitrogen and oxygen atoms in total. The van der Waals surface area contributed by atoms with Gasteiger partial charge in [0.25, 0.3) is 0 Å². The summed E-state index contributed by atoms with van der Waals surface area (Å²) >= 11 is 6.06. The third-order valence-electron chi connectivity index (χ3n) is 3.35. The second-order valence-corrected chi connectivity index (χ2v) is 5.46. The molecule has 1 aromatic rings. The maximum absolute atomic E-state index is 6.06. The third-order valence-corrected chi connectivity index (χ3v) is 3.59. The molecule has 1 aromatic carbocycles. The highest BCUT2D eigenvalue weighted by Crippen LogP contribution is 2.20. The second-order valence-electron chi connectivity index (χ2n) is 5.03. The zero-order valence-electron chi connectivity index (χ0n) is 11.9. The highest BCUT2D eigenvalue weighted by Gasteiger charge is 2.12. The van der Waals surface area contributed by atoms with Crippen molar-refractivity contribution >= 4 is 11.6 Å². The van der Waals surface area contributed by atoms with Crippen LogP contribution in [0.15, 0.2) is 24.3 Å². The van der Waals surface area contributed by atoms with Crippen molar-refractivity contribution in [3.63, 3.8) is 0 Å². The Labute approximate surface area is 116 Å². The number of rotatable bonds is 7. The molecule has 1 rings (SSSR count). The van der Waals surface area contributed by atoms with Crippen molar-refractivity contribution in [2.45, 2.75) is 39.3 Å². The van der Waals surface area contributed by atoms with Gasteiger partial charge < -0.3 is 10.2 Å². The summed E-state index contributed by atoms with van der Waals surface area (Å²) in [6.45, 7) is 8.65. The number of nitrogens with zero attached hydrogens (tertiary/aromatic N) is 1. The first-order valence-corrected chi connectivity index (χ1v) is 7.11. The van der Waals surface area contributed by atoms with Crippen LogP contribution in [0.3, 0.4) is 0 Å². The van der Waals surface area contributed by atoms with Crippen molar-refractivity contribution in [3.05, 3.63) is 34.9 Å². The summed E-state index contributed by atoms with van der Waals surface area (Å²) < 4.78 is 0. The average Bonchev–Trinajstić information content (AvgIpc) is 2.33. The number of halogens is 1. The Bertz CT molecular complexity index is 352. The molecule has 102 valence electrons. The molecule has 1 atom stereocenters. The lowest BCUT2D eigenvalue weighted by atomic mass is 10.0. The molecule has 0 spiro atoms. The summed E-state index contributed by atoms with van der Waals surface area (Å²) in [5.74, 6) is 0. The fourth-order valence-electron chi connectivity index (χ4n) is 1.95. The van der Waals surface area contributed by atoms with Crippen LogP contribution in [-0.2, 0) is 0 Å². The predicted molar refractivity (Wildman–Crippen MR) is 80.3 cm³/mol. The molecule has 0 aliphatic carbocycles. The van der Waals surface area contributed by atoms with Gasteiger partial charge in [-0.25, -0.2) is 0 Å². The van der Waals surface area contributed by atoms with Crippen LogP contribution < -0.4 is 5.32 Å². The van der Waals surface area contributed by atoms with Crippen LogP contribution >= 0.6 is 11.6 Å². The van der Waals surface area contributed by atoms with Gasteiger partial charge in [-0.1, -0.05) is 30.7 Å². The van der Waals surface area contributed by atoms with Gasteiger partial charge in [-0.05, 0) is 58.1 Å². The van der Waals surface area contributed by atoms with E-state index in [0.29, 0.717) is 12.1 Å². The highest BCUT2D eigenvalue weighted by atomic mass is 35.5. The van der Waals surface area contributed by atoms with Gasteiger partial charge in [0.2, 0.25) is 0 Å². The van der Waals surface area contributed by atoms with Gasteiger partial charge in [0, 0.05) is 17.1 Å². The predicted octanol–water partition coefficient (Wildman–Crippen LogP) is 3.72. The first-order chi connectivity index (χ1) is 8.54. The van der Waals surface area contributed by atoms with E-state index in [4.69, 9.17) is 11.6 Å². The zero-order chi connectivity index (χ0) is 13.5. The molecule has 0 aliphatic rings. The fourth-order valence-corrected chi connectivity index (χ4v) is 2.15. The van der Waals surface area contributed by atoms with Crippen LogP contribution in [0.5, 0.6) is 0 Å².